The van der Waals surface area contributed by atoms with Gasteiger partial charge in [0.1, 0.15) is 17.2 Å². The van der Waals surface area contributed by atoms with Crippen molar-refractivity contribution in [3.05, 3.63) is 58.7 Å². The molecule has 2 N–H and O–H groups in total. The van der Waals surface area contributed by atoms with Crippen LogP contribution < -0.4 is 9.47 Å². The molecular formula is C26H32O6. The van der Waals surface area contributed by atoms with Crippen molar-refractivity contribution >= 4 is 17.8 Å². The van der Waals surface area contributed by atoms with E-state index in [0.717, 1.165) is 36.5 Å². The number of ether oxygens (including phenoxy) is 2. The Balaban J connectivity index is 2.04. The number of ketones is 1. The zero-order valence-electron chi connectivity index (χ0n) is 19.0. The molecule has 172 valence electrons. The molecule has 0 aromatic heterocycles. The summed E-state index contributed by atoms with van der Waals surface area (Å²) in [6, 6.07) is 8.95. The molecule has 2 aromatic rings. The van der Waals surface area contributed by atoms with Crippen molar-refractivity contribution in [3.63, 3.8) is 0 Å². The molecule has 6 heteroatoms. The van der Waals surface area contributed by atoms with E-state index in [1.165, 1.54) is 13.0 Å². The van der Waals surface area contributed by atoms with Crippen molar-refractivity contribution in [2.75, 3.05) is 13.2 Å². The van der Waals surface area contributed by atoms with Gasteiger partial charge in [-0.3, -0.25) is 4.79 Å². The van der Waals surface area contributed by atoms with Gasteiger partial charge in [-0.05, 0) is 55.2 Å². The van der Waals surface area contributed by atoms with Crippen LogP contribution in [-0.2, 0) is 17.6 Å². The molecule has 0 aliphatic rings. The number of Topliss-reactive ketones (excluding diaryl/α,β-unsaturated/α-hetero) is 1. The lowest BCUT2D eigenvalue weighted by atomic mass is 9.95. The van der Waals surface area contributed by atoms with Crippen molar-refractivity contribution in [1.82, 2.24) is 0 Å². The smallest absolute Gasteiger partial charge is 0.328 e. The zero-order chi connectivity index (χ0) is 23.5. The number of benzene rings is 2. The highest BCUT2D eigenvalue weighted by atomic mass is 16.5. The van der Waals surface area contributed by atoms with Crippen LogP contribution in [0.15, 0.2) is 36.4 Å². The number of carboxylic acids is 1. The number of aromatic hydroxyl groups is 1. The van der Waals surface area contributed by atoms with E-state index in [1.807, 2.05) is 13.0 Å². The van der Waals surface area contributed by atoms with Crippen LogP contribution in [0.2, 0.25) is 0 Å². The van der Waals surface area contributed by atoms with Crippen LogP contribution in [0.3, 0.4) is 0 Å². The predicted molar refractivity (Wildman–Crippen MR) is 125 cm³/mol. The molecule has 0 saturated heterocycles. The van der Waals surface area contributed by atoms with E-state index in [2.05, 4.69) is 6.92 Å². The molecule has 0 spiro atoms. The first-order valence-corrected chi connectivity index (χ1v) is 11.0. The molecule has 0 atom stereocenters. The molecule has 0 radical (unpaired) electrons. The monoisotopic (exact) mass is 440 g/mol. The number of phenolic OH excluding ortho intramolecular Hbond substituents is 1. The Bertz CT molecular complexity index is 961. The first-order valence-electron chi connectivity index (χ1n) is 11.0. The number of carbonyl (C=O) groups is 2. The van der Waals surface area contributed by atoms with Crippen LogP contribution in [0.25, 0.3) is 6.08 Å². The quantitative estimate of drug-likeness (QED) is 0.245. The second kappa shape index (κ2) is 12.5. The van der Waals surface area contributed by atoms with Gasteiger partial charge >= 0.3 is 5.97 Å². The number of rotatable bonds is 13. The maximum absolute atomic E-state index is 12.0. The van der Waals surface area contributed by atoms with E-state index in [1.54, 1.807) is 24.3 Å². The summed E-state index contributed by atoms with van der Waals surface area (Å²) in [7, 11) is 0. The normalized spacial score (nSPS) is 11.0. The molecular weight excluding hydrogens is 408 g/mol. The van der Waals surface area contributed by atoms with Crippen molar-refractivity contribution in [2.24, 2.45) is 0 Å². The van der Waals surface area contributed by atoms with E-state index in [9.17, 15) is 14.7 Å². The van der Waals surface area contributed by atoms with Gasteiger partial charge < -0.3 is 19.7 Å². The van der Waals surface area contributed by atoms with Gasteiger partial charge in [0, 0.05) is 18.1 Å². The lowest BCUT2D eigenvalue weighted by molar-refractivity contribution is -0.131. The Morgan fingerprint density at radius 1 is 1.03 bits per heavy atom. The van der Waals surface area contributed by atoms with Crippen molar-refractivity contribution in [1.29, 1.82) is 0 Å². The SMILES string of the molecule is CCCc1cc(C(C)=O)c(O)c(CCC)c1OCCCOc1cccc(C=CC(=O)O)c1. The number of aryl methyl sites for hydroxylation is 1. The van der Waals surface area contributed by atoms with E-state index < -0.39 is 5.97 Å². The molecule has 0 bridgehead atoms. The van der Waals surface area contributed by atoms with Crippen molar-refractivity contribution in [3.8, 4) is 17.2 Å². The van der Waals surface area contributed by atoms with Gasteiger partial charge in [0.15, 0.2) is 5.78 Å². The van der Waals surface area contributed by atoms with E-state index in [4.69, 9.17) is 14.6 Å². The van der Waals surface area contributed by atoms with Gasteiger partial charge in [0.05, 0.1) is 18.8 Å². The van der Waals surface area contributed by atoms with E-state index in [0.29, 0.717) is 48.7 Å². The molecule has 2 aromatic carbocycles. The average molecular weight is 441 g/mol. The number of phenols is 1. The third-order valence-corrected chi connectivity index (χ3v) is 4.90. The predicted octanol–water partition coefficient (Wildman–Crippen LogP) is 5.45. The molecule has 0 aliphatic carbocycles. The lowest BCUT2D eigenvalue weighted by Crippen LogP contribution is -2.10. The Labute approximate surface area is 189 Å². The topological polar surface area (TPSA) is 93.1 Å². The van der Waals surface area contributed by atoms with Crippen molar-refractivity contribution in [2.45, 2.75) is 52.9 Å². The minimum absolute atomic E-state index is 0.0247. The van der Waals surface area contributed by atoms with E-state index >= 15 is 0 Å². The van der Waals surface area contributed by atoms with Gasteiger partial charge in [-0.15, -0.1) is 0 Å². The first-order chi connectivity index (χ1) is 15.4. The van der Waals surface area contributed by atoms with Crippen LogP contribution >= 0.6 is 0 Å². The minimum Gasteiger partial charge on any atom is -0.507 e. The summed E-state index contributed by atoms with van der Waals surface area (Å²) in [5.41, 5.74) is 2.74. The number of carbonyl (C=O) groups excluding carboxylic acids is 1. The van der Waals surface area contributed by atoms with Gasteiger partial charge in [-0.1, -0.05) is 38.8 Å². The molecule has 2 rings (SSSR count). The maximum Gasteiger partial charge on any atom is 0.328 e. The summed E-state index contributed by atoms with van der Waals surface area (Å²) >= 11 is 0. The number of hydrogen-bond acceptors (Lipinski definition) is 5. The molecule has 0 amide bonds. The zero-order valence-corrected chi connectivity index (χ0v) is 19.0. The molecule has 0 heterocycles. The summed E-state index contributed by atoms with van der Waals surface area (Å²) in [6.45, 7) is 6.39. The summed E-state index contributed by atoms with van der Waals surface area (Å²) in [5.74, 6) is 0.200. The van der Waals surface area contributed by atoms with Crippen LogP contribution in [0.4, 0.5) is 0 Å². The molecule has 0 unspecified atom stereocenters. The fraction of sp³-hybridized carbons (Fsp3) is 0.385. The fourth-order valence-electron chi connectivity index (χ4n) is 3.46. The van der Waals surface area contributed by atoms with Crippen LogP contribution in [0.5, 0.6) is 17.2 Å². The highest BCUT2D eigenvalue weighted by Gasteiger charge is 2.20. The Kier molecular flexibility index (Phi) is 9.79. The standard InChI is InChI=1S/C26H32O6/c1-4-8-20-17-23(18(3)27)25(30)22(9-5-2)26(20)32-15-7-14-31-21-11-6-10-19(16-21)12-13-24(28)29/h6,10-13,16-17,30H,4-5,7-9,14-15H2,1-3H3,(H,28,29). The average Bonchev–Trinajstić information content (AvgIpc) is 2.76. The number of aliphatic carboxylic acids is 1. The molecule has 6 nitrogen and oxygen atoms in total. The highest BCUT2D eigenvalue weighted by Crippen LogP contribution is 2.37. The largest absolute Gasteiger partial charge is 0.507 e. The van der Waals surface area contributed by atoms with Gasteiger partial charge in [0.25, 0.3) is 0 Å². The van der Waals surface area contributed by atoms with Crippen molar-refractivity contribution < 1.29 is 29.3 Å². The lowest BCUT2D eigenvalue weighted by Gasteiger charge is -2.19. The summed E-state index contributed by atoms with van der Waals surface area (Å²) in [5, 5.41) is 19.4. The summed E-state index contributed by atoms with van der Waals surface area (Å²) in [6.07, 6.45) is 6.35. The van der Waals surface area contributed by atoms with Crippen LogP contribution in [-0.4, -0.2) is 35.2 Å². The summed E-state index contributed by atoms with van der Waals surface area (Å²) in [4.78, 5) is 22.6. The Hall–Kier alpha value is -3.28. The van der Waals surface area contributed by atoms with Gasteiger partial charge in [-0.2, -0.15) is 0 Å². The van der Waals surface area contributed by atoms with Crippen LogP contribution in [0.1, 0.15) is 67.1 Å². The second-order valence-corrected chi connectivity index (χ2v) is 7.59. The molecule has 0 saturated carbocycles. The first kappa shape index (κ1) is 25.0. The summed E-state index contributed by atoms with van der Waals surface area (Å²) < 4.78 is 11.9. The fourth-order valence-corrected chi connectivity index (χ4v) is 3.46. The maximum atomic E-state index is 12.0. The highest BCUT2D eigenvalue weighted by molar-refractivity contribution is 5.97. The Morgan fingerprint density at radius 3 is 2.41 bits per heavy atom. The van der Waals surface area contributed by atoms with Crippen LogP contribution in [0, 0.1) is 0 Å². The number of hydrogen-bond donors (Lipinski definition) is 2. The number of carboxylic acid groups (broad SMARTS) is 1. The molecule has 0 aliphatic heterocycles. The van der Waals surface area contributed by atoms with E-state index in [-0.39, 0.29) is 11.5 Å². The third kappa shape index (κ3) is 7.15. The third-order valence-electron chi connectivity index (χ3n) is 4.90. The van der Waals surface area contributed by atoms with Gasteiger partial charge in [0.2, 0.25) is 0 Å². The second-order valence-electron chi connectivity index (χ2n) is 7.59. The Morgan fingerprint density at radius 2 is 1.75 bits per heavy atom. The van der Waals surface area contributed by atoms with Gasteiger partial charge in [-0.25, -0.2) is 4.79 Å². The minimum atomic E-state index is -0.999. The molecule has 0 fully saturated rings. The molecule has 32 heavy (non-hydrogen) atoms.